The summed E-state index contributed by atoms with van der Waals surface area (Å²) in [7, 11) is -3.19. The Morgan fingerprint density at radius 3 is 2.00 bits per heavy atom. The lowest BCUT2D eigenvalue weighted by Crippen LogP contribution is -2.14. The van der Waals surface area contributed by atoms with E-state index in [2.05, 4.69) is 0 Å². The third-order valence-electron chi connectivity index (χ3n) is 3.15. The van der Waals surface area contributed by atoms with E-state index in [1.165, 1.54) is 12.1 Å². The number of hydrogen-bond acceptors (Lipinski definition) is 6. The fraction of sp³-hybridized carbons (Fsp3) is 0.222. The smallest absolute Gasteiger partial charge is 0.338 e. The Bertz CT molecular complexity index is 843. The number of carbonyl (C=O) groups excluding carboxylic acids is 2. The van der Waals surface area contributed by atoms with Gasteiger partial charge in [0.2, 0.25) is 0 Å². The van der Waals surface area contributed by atoms with Crippen LogP contribution in [0.25, 0.3) is 0 Å². The van der Waals surface area contributed by atoms with E-state index in [-0.39, 0.29) is 24.5 Å². The molecule has 0 N–H and O–H groups in total. The van der Waals surface area contributed by atoms with Crippen LogP contribution in [0.4, 0.5) is 0 Å². The van der Waals surface area contributed by atoms with E-state index in [0.717, 1.165) is 6.26 Å². The Hall–Kier alpha value is -2.67. The Balaban J connectivity index is 1.82. The third kappa shape index (κ3) is 6.39. The average molecular weight is 362 g/mol. The van der Waals surface area contributed by atoms with Crippen LogP contribution in [-0.4, -0.2) is 39.8 Å². The maximum absolute atomic E-state index is 12.0. The molecule has 0 radical (unpaired) electrons. The molecule has 0 unspecified atom stereocenters. The van der Waals surface area contributed by atoms with Crippen LogP contribution in [0.3, 0.4) is 0 Å². The third-order valence-corrected chi connectivity index (χ3v) is 4.01. The fourth-order valence-corrected chi connectivity index (χ4v) is 2.89. The van der Waals surface area contributed by atoms with E-state index < -0.39 is 21.8 Å². The summed E-state index contributed by atoms with van der Waals surface area (Å²) < 4.78 is 32.7. The lowest BCUT2D eigenvalue weighted by atomic mass is 10.1. The first-order valence-corrected chi connectivity index (χ1v) is 9.57. The van der Waals surface area contributed by atoms with Crippen molar-refractivity contribution in [3.8, 4) is 0 Å². The minimum Gasteiger partial charge on any atom is -0.458 e. The van der Waals surface area contributed by atoms with Gasteiger partial charge in [-0.1, -0.05) is 30.3 Å². The first kappa shape index (κ1) is 18.7. The van der Waals surface area contributed by atoms with Crippen LogP contribution in [0.5, 0.6) is 0 Å². The van der Waals surface area contributed by atoms with E-state index in [0.29, 0.717) is 11.1 Å². The van der Waals surface area contributed by atoms with Crippen molar-refractivity contribution in [2.75, 3.05) is 19.5 Å². The number of carbonyl (C=O) groups is 2. The highest BCUT2D eigenvalue weighted by atomic mass is 32.2. The lowest BCUT2D eigenvalue weighted by Gasteiger charge is -2.07. The Morgan fingerprint density at radius 1 is 0.840 bits per heavy atom. The monoisotopic (exact) mass is 362 g/mol. The van der Waals surface area contributed by atoms with Crippen LogP contribution in [0.1, 0.15) is 26.3 Å². The van der Waals surface area contributed by atoms with Crippen molar-refractivity contribution >= 4 is 21.8 Å². The van der Waals surface area contributed by atoms with Gasteiger partial charge in [0.25, 0.3) is 0 Å². The maximum Gasteiger partial charge on any atom is 0.338 e. The summed E-state index contributed by atoms with van der Waals surface area (Å²) in [5, 5.41) is 0. The van der Waals surface area contributed by atoms with Crippen molar-refractivity contribution in [2.45, 2.75) is 5.75 Å². The predicted molar refractivity (Wildman–Crippen MR) is 92.0 cm³/mol. The summed E-state index contributed by atoms with van der Waals surface area (Å²) in [6, 6.07) is 14.7. The van der Waals surface area contributed by atoms with Gasteiger partial charge in [0.15, 0.2) is 9.84 Å². The number of ether oxygens (including phenoxy) is 2. The maximum atomic E-state index is 12.0. The van der Waals surface area contributed by atoms with Gasteiger partial charge in [-0.15, -0.1) is 0 Å². The van der Waals surface area contributed by atoms with Gasteiger partial charge in [-0.05, 0) is 29.8 Å². The van der Waals surface area contributed by atoms with Crippen molar-refractivity contribution in [2.24, 2.45) is 0 Å². The molecule has 6 nitrogen and oxygen atoms in total. The number of benzene rings is 2. The highest BCUT2D eigenvalue weighted by Crippen LogP contribution is 2.10. The molecule has 7 heteroatoms. The minimum atomic E-state index is -3.19. The molecule has 132 valence electrons. The van der Waals surface area contributed by atoms with Gasteiger partial charge in [0.05, 0.1) is 16.9 Å². The van der Waals surface area contributed by atoms with Crippen LogP contribution < -0.4 is 0 Å². The normalized spacial score (nSPS) is 10.9. The molecule has 0 aromatic heterocycles. The molecule has 0 spiro atoms. The molecule has 0 heterocycles. The van der Waals surface area contributed by atoms with Crippen LogP contribution in [0.2, 0.25) is 0 Å². The van der Waals surface area contributed by atoms with E-state index >= 15 is 0 Å². The molecular formula is C18H18O6S. The zero-order valence-corrected chi connectivity index (χ0v) is 14.5. The molecule has 2 aromatic rings. The lowest BCUT2D eigenvalue weighted by molar-refractivity contribution is 0.0265. The molecular weight excluding hydrogens is 344 g/mol. The van der Waals surface area contributed by atoms with Gasteiger partial charge in [-0.3, -0.25) is 0 Å². The molecule has 0 saturated carbocycles. The number of rotatable bonds is 7. The second-order valence-corrected chi connectivity index (χ2v) is 7.55. The Kier molecular flexibility index (Phi) is 6.30. The van der Waals surface area contributed by atoms with Crippen LogP contribution in [-0.2, 0) is 25.1 Å². The van der Waals surface area contributed by atoms with Gasteiger partial charge >= 0.3 is 11.9 Å². The number of hydrogen-bond donors (Lipinski definition) is 0. The van der Waals surface area contributed by atoms with Crippen molar-refractivity contribution in [3.63, 3.8) is 0 Å². The topological polar surface area (TPSA) is 86.7 Å². The first-order chi connectivity index (χ1) is 11.8. The molecule has 0 fully saturated rings. The summed E-state index contributed by atoms with van der Waals surface area (Å²) >= 11 is 0. The van der Waals surface area contributed by atoms with Crippen molar-refractivity contribution in [1.82, 2.24) is 0 Å². The number of sulfone groups is 1. The molecule has 0 amide bonds. The predicted octanol–water partition coefficient (Wildman–Crippen LogP) is 2.25. The second kappa shape index (κ2) is 8.43. The average Bonchev–Trinajstić information content (AvgIpc) is 2.58. The molecule has 0 atom stereocenters. The highest BCUT2D eigenvalue weighted by molar-refractivity contribution is 7.89. The summed E-state index contributed by atoms with van der Waals surface area (Å²) in [6.45, 7) is -0.157. The minimum absolute atomic E-state index is 0.0670. The quantitative estimate of drug-likeness (QED) is 0.555. The van der Waals surface area contributed by atoms with E-state index in [1.54, 1.807) is 42.5 Å². The highest BCUT2D eigenvalue weighted by Gasteiger charge is 2.11. The second-order valence-electron chi connectivity index (χ2n) is 5.41. The van der Waals surface area contributed by atoms with Crippen molar-refractivity contribution in [3.05, 3.63) is 71.3 Å². The molecule has 0 aliphatic carbocycles. The van der Waals surface area contributed by atoms with Gasteiger partial charge < -0.3 is 9.47 Å². The zero-order valence-electron chi connectivity index (χ0n) is 13.7. The summed E-state index contributed by atoms with van der Waals surface area (Å²) in [4.78, 5) is 23.7. The van der Waals surface area contributed by atoms with Crippen molar-refractivity contribution < 1.29 is 27.5 Å². The Morgan fingerprint density at radius 2 is 1.40 bits per heavy atom. The molecule has 2 aromatic carbocycles. The van der Waals surface area contributed by atoms with E-state index in [9.17, 15) is 18.0 Å². The Labute approximate surface area is 146 Å². The first-order valence-electron chi connectivity index (χ1n) is 7.51. The summed E-state index contributed by atoms with van der Waals surface area (Å²) in [5.41, 5.74) is 1.17. The zero-order chi connectivity index (χ0) is 18.3. The van der Waals surface area contributed by atoms with Gasteiger partial charge in [-0.25, -0.2) is 18.0 Å². The van der Waals surface area contributed by atoms with Crippen LogP contribution >= 0.6 is 0 Å². The summed E-state index contributed by atoms with van der Waals surface area (Å²) in [6.07, 6.45) is 1.12. The molecule has 0 saturated heterocycles. The SMILES string of the molecule is CS(=O)(=O)Cc1cccc(C(=O)OCCOC(=O)c2ccccc2)c1. The molecule has 0 aliphatic rings. The van der Waals surface area contributed by atoms with Gasteiger partial charge in [0, 0.05) is 6.26 Å². The number of esters is 2. The van der Waals surface area contributed by atoms with Crippen LogP contribution in [0, 0.1) is 0 Å². The molecule has 0 bridgehead atoms. The molecule has 2 rings (SSSR count). The summed E-state index contributed by atoms with van der Waals surface area (Å²) in [5.74, 6) is -1.25. The van der Waals surface area contributed by atoms with Gasteiger partial charge in [0.1, 0.15) is 13.2 Å². The largest absolute Gasteiger partial charge is 0.458 e. The van der Waals surface area contributed by atoms with Gasteiger partial charge in [-0.2, -0.15) is 0 Å². The standard InChI is InChI=1S/C18H18O6S/c1-25(21,22)13-14-6-5-9-16(12-14)18(20)24-11-10-23-17(19)15-7-3-2-4-8-15/h2-9,12H,10-11,13H2,1H3. The van der Waals surface area contributed by atoms with Crippen molar-refractivity contribution in [1.29, 1.82) is 0 Å². The van der Waals surface area contributed by atoms with E-state index in [1.807, 2.05) is 0 Å². The van der Waals surface area contributed by atoms with Crippen LogP contribution in [0.15, 0.2) is 54.6 Å². The molecule has 0 aliphatic heterocycles. The fourth-order valence-electron chi connectivity index (χ4n) is 2.10. The molecule has 25 heavy (non-hydrogen) atoms. The van der Waals surface area contributed by atoms with E-state index in [4.69, 9.17) is 9.47 Å².